The number of ketones is 1. The SMILES string of the molecule is CC[C@H](C)[C@@H]([C@@H](CC(=O)N1CCC[C@H]1[C@H](OC)[C@@H](C)C(=O)N[C@@H](Cc1ccccc1)C(=O)O)OC)N(C)C(=O)[C@@H](CC(=O)[C@H](C(C)C)N(C)CCc1ccc(N)cc1)C(C)C. The number of carboxylic acids is 1. The zero-order chi connectivity index (χ0) is 45.6. The van der Waals surface area contributed by atoms with Gasteiger partial charge >= 0.3 is 5.97 Å². The second-order valence-electron chi connectivity index (χ2n) is 17.9. The van der Waals surface area contributed by atoms with Crippen LogP contribution in [-0.2, 0) is 46.3 Å². The molecule has 0 radical (unpaired) electrons. The fourth-order valence-corrected chi connectivity index (χ4v) is 9.12. The summed E-state index contributed by atoms with van der Waals surface area (Å²) in [6.45, 7) is 15.0. The summed E-state index contributed by atoms with van der Waals surface area (Å²) in [6.07, 6.45) is 1.68. The second kappa shape index (κ2) is 24.3. The Balaban J connectivity index is 1.76. The third-order valence-electron chi connectivity index (χ3n) is 12.9. The van der Waals surface area contributed by atoms with Crippen LogP contribution in [0, 0.1) is 29.6 Å². The van der Waals surface area contributed by atoms with Crippen LogP contribution in [0.5, 0.6) is 0 Å². The molecule has 4 N–H and O–H groups in total. The molecule has 0 aliphatic carbocycles. The van der Waals surface area contributed by atoms with Crippen LogP contribution in [-0.4, -0.2) is 127 Å². The first-order valence-electron chi connectivity index (χ1n) is 22.1. The number of nitrogens with two attached hydrogens (primary N) is 1. The molecule has 3 amide bonds. The molecule has 340 valence electrons. The maximum atomic E-state index is 14.6. The van der Waals surface area contributed by atoms with Crippen LogP contribution in [0.3, 0.4) is 0 Å². The van der Waals surface area contributed by atoms with Gasteiger partial charge in [0.25, 0.3) is 0 Å². The van der Waals surface area contributed by atoms with Crippen molar-refractivity contribution < 1.29 is 38.6 Å². The number of ether oxygens (including phenoxy) is 2. The van der Waals surface area contributed by atoms with Crippen molar-refractivity contribution in [2.45, 2.75) is 130 Å². The molecular formula is C48H75N5O8. The fourth-order valence-electron chi connectivity index (χ4n) is 9.12. The first-order valence-corrected chi connectivity index (χ1v) is 22.1. The smallest absolute Gasteiger partial charge is 0.326 e. The van der Waals surface area contributed by atoms with Crippen LogP contribution in [0.25, 0.3) is 0 Å². The van der Waals surface area contributed by atoms with Crippen LogP contribution in [0.4, 0.5) is 5.69 Å². The highest BCUT2D eigenvalue weighted by Crippen LogP contribution is 2.31. The van der Waals surface area contributed by atoms with Gasteiger partial charge in [-0.05, 0) is 67.3 Å². The van der Waals surface area contributed by atoms with Crippen LogP contribution in [0.2, 0.25) is 0 Å². The Hall–Kier alpha value is -4.33. The number of nitrogen functional groups attached to an aromatic ring is 1. The first-order chi connectivity index (χ1) is 28.9. The van der Waals surface area contributed by atoms with Crippen LogP contribution in [0.15, 0.2) is 54.6 Å². The van der Waals surface area contributed by atoms with Crippen molar-refractivity contribution in [2.75, 3.05) is 47.1 Å². The normalized spacial score (nSPS) is 18.3. The number of likely N-dealkylation sites (tertiary alicyclic amines) is 1. The molecule has 1 aliphatic heterocycles. The van der Waals surface area contributed by atoms with Crippen molar-refractivity contribution in [2.24, 2.45) is 29.6 Å². The summed E-state index contributed by atoms with van der Waals surface area (Å²) in [6, 6.07) is 14.5. The van der Waals surface area contributed by atoms with Crippen molar-refractivity contribution in [1.29, 1.82) is 0 Å². The maximum absolute atomic E-state index is 14.6. The lowest BCUT2D eigenvalue weighted by molar-refractivity contribution is -0.149. The summed E-state index contributed by atoms with van der Waals surface area (Å²) in [7, 11) is 6.79. The third kappa shape index (κ3) is 14.1. The number of aliphatic carboxylic acids is 1. The highest BCUT2D eigenvalue weighted by Gasteiger charge is 2.43. The van der Waals surface area contributed by atoms with E-state index in [9.17, 15) is 29.1 Å². The predicted molar refractivity (Wildman–Crippen MR) is 240 cm³/mol. The van der Waals surface area contributed by atoms with E-state index in [-0.39, 0.29) is 60.7 Å². The Morgan fingerprint density at radius 1 is 0.885 bits per heavy atom. The summed E-state index contributed by atoms with van der Waals surface area (Å²) in [4.78, 5) is 74.3. The van der Waals surface area contributed by atoms with Gasteiger partial charge in [-0.1, -0.05) is 97.4 Å². The van der Waals surface area contributed by atoms with Gasteiger partial charge < -0.3 is 35.4 Å². The Morgan fingerprint density at radius 3 is 2.07 bits per heavy atom. The highest BCUT2D eigenvalue weighted by atomic mass is 16.5. The molecule has 0 spiro atoms. The second-order valence-corrected chi connectivity index (χ2v) is 17.9. The van der Waals surface area contributed by atoms with Gasteiger partial charge in [0.1, 0.15) is 6.04 Å². The molecule has 13 nitrogen and oxygen atoms in total. The number of nitrogens with one attached hydrogen (secondary N) is 1. The lowest BCUT2D eigenvalue weighted by atomic mass is 9.83. The minimum Gasteiger partial charge on any atom is -0.480 e. The molecule has 0 bridgehead atoms. The third-order valence-corrected chi connectivity index (χ3v) is 12.9. The topological polar surface area (TPSA) is 172 Å². The molecular weight excluding hydrogens is 775 g/mol. The molecule has 2 aromatic rings. The Kier molecular flexibility index (Phi) is 20.4. The van der Waals surface area contributed by atoms with Crippen molar-refractivity contribution in [3.8, 4) is 0 Å². The number of carboxylic acid groups (broad SMARTS) is 1. The average Bonchev–Trinajstić information content (AvgIpc) is 3.71. The van der Waals surface area contributed by atoms with E-state index in [0.717, 1.165) is 24.0 Å². The summed E-state index contributed by atoms with van der Waals surface area (Å²) >= 11 is 0. The van der Waals surface area contributed by atoms with Crippen molar-refractivity contribution >= 4 is 35.2 Å². The number of likely N-dealkylation sites (N-methyl/N-ethyl adjacent to an activating group) is 2. The largest absolute Gasteiger partial charge is 0.480 e. The molecule has 1 aliphatic rings. The number of anilines is 1. The Labute approximate surface area is 365 Å². The molecule has 2 aromatic carbocycles. The number of methoxy groups -OCH3 is 2. The number of carbonyl (C=O) groups excluding carboxylic acids is 4. The average molecular weight is 850 g/mol. The van der Waals surface area contributed by atoms with E-state index in [1.165, 1.54) is 7.11 Å². The van der Waals surface area contributed by atoms with E-state index in [4.69, 9.17) is 15.2 Å². The predicted octanol–water partition coefficient (Wildman–Crippen LogP) is 5.73. The minimum atomic E-state index is -1.14. The zero-order valence-corrected chi connectivity index (χ0v) is 38.6. The highest BCUT2D eigenvalue weighted by molar-refractivity contribution is 5.90. The van der Waals surface area contributed by atoms with Gasteiger partial charge in [0.05, 0.1) is 42.7 Å². The molecule has 3 rings (SSSR count). The van der Waals surface area contributed by atoms with Gasteiger partial charge in [-0.2, -0.15) is 0 Å². The summed E-state index contributed by atoms with van der Waals surface area (Å²) in [5, 5.41) is 12.6. The quantitative estimate of drug-likeness (QED) is 0.105. The number of amides is 3. The van der Waals surface area contributed by atoms with Crippen LogP contribution >= 0.6 is 0 Å². The molecule has 1 fully saturated rings. The fraction of sp³-hybridized carbons (Fsp3) is 0.646. The maximum Gasteiger partial charge on any atom is 0.326 e. The van der Waals surface area contributed by atoms with Crippen molar-refractivity contribution in [3.63, 3.8) is 0 Å². The summed E-state index contributed by atoms with van der Waals surface area (Å²) in [5.74, 6) is -3.37. The summed E-state index contributed by atoms with van der Waals surface area (Å²) in [5.41, 5.74) is 8.50. The van der Waals surface area contributed by atoms with Gasteiger partial charge in [0.15, 0.2) is 5.78 Å². The lowest BCUT2D eigenvalue weighted by Crippen LogP contribution is -2.55. The van der Waals surface area contributed by atoms with E-state index < -0.39 is 54.0 Å². The molecule has 61 heavy (non-hydrogen) atoms. The molecule has 1 heterocycles. The standard InChI is InChI=1S/C48H75N5O8/c1-12-32(6)44(52(9)47(57)37(30(2)3)28-40(54)43(31(4)5)51(8)26-24-34-20-22-36(49)23-21-34)41(60-10)29-42(55)53-25-16-19-39(53)45(61-11)33(7)46(56)50-38(48(58)59)27-35-17-14-13-15-18-35/h13-15,17-18,20-23,30-33,37-39,41,43-45H,12,16,19,24-29,49H2,1-11H3,(H,50,56)(H,58,59)/t32-,33+,37-,38-,39-,41+,43-,44-,45+/m0/s1. The number of hydrogen-bond donors (Lipinski definition) is 3. The molecule has 9 atom stereocenters. The lowest BCUT2D eigenvalue weighted by Gasteiger charge is -2.41. The van der Waals surface area contributed by atoms with Crippen LogP contribution in [0.1, 0.15) is 91.7 Å². The molecule has 1 saturated heterocycles. The van der Waals surface area contributed by atoms with E-state index >= 15 is 0 Å². The molecule has 0 aromatic heterocycles. The monoisotopic (exact) mass is 850 g/mol. The van der Waals surface area contributed by atoms with E-state index in [1.54, 1.807) is 30.9 Å². The number of nitrogens with zero attached hydrogens (tertiary/aromatic N) is 3. The minimum absolute atomic E-state index is 0.00565. The summed E-state index contributed by atoms with van der Waals surface area (Å²) < 4.78 is 12.0. The Bertz CT molecular complexity index is 1710. The van der Waals surface area contributed by atoms with Crippen molar-refractivity contribution in [1.82, 2.24) is 20.0 Å². The molecule has 13 heteroatoms. The number of hydrogen-bond acceptors (Lipinski definition) is 9. The Morgan fingerprint density at radius 2 is 1.52 bits per heavy atom. The number of carbonyl (C=O) groups is 5. The number of rotatable bonds is 25. The molecule has 0 saturated carbocycles. The molecule has 0 unspecified atom stereocenters. The zero-order valence-electron chi connectivity index (χ0n) is 38.6. The van der Waals surface area contributed by atoms with Gasteiger partial charge in [-0.3, -0.25) is 24.1 Å². The number of Topliss-reactive ketones (excluding diaryl/α,β-unsaturated/α-hetero) is 1. The van der Waals surface area contributed by atoms with Crippen molar-refractivity contribution in [3.05, 3.63) is 65.7 Å². The van der Waals surface area contributed by atoms with E-state index in [2.05, 4.69) is 10.2 Å². The van der Waals surface area contributed by atoms with E-state index in [0.29, 0.717) is 31.6 Å². The van der Waals surface area contributed by atoms with Gasteiger partial charge in [-0.25, -0.2) is 4.79 Å². The van der Waals surface area contributed by atoms with Crippen LogP contribution < -0.4 is 11.1 Å². The van der Waals surface area contributed by atoms with Gasteiger partial charge in [-0.15, -0.1) is 0 Å². The first kappa shape index (κ1) is 51.0. The van der Waals surface area contributed by atoms with Gasteiger partial charge in [0.2, 0.25) is 17.7 Å². The van der Waals surface area contributed by atoms with E-state index in [1.807, 2.05) is 103 Å². The number of benzene rings is 2. The van der Waals surface area contributed by atoms with Gasteiger partial charge in [0, 0.05) is 58.8 Å².